The van der Waals surface area contributed by atoms with Crippen molar-refractivity contribution in [2.45, 2.75) is 25.6 Å². The first-order valence-electron chi connectivity index (χ1n) is 11.3. The van der Waals surface area contributed by atoms with Gasteiger partial charge in [0.25, 0.3) is 0 Å². The van der Waals surface area contributed by atoms with E-state index >= 15 is 0 Å². The van der Waals surface area contributed by atoms with Crippen LogP contribution >= 0.6 is 23.2 Å². The van der Waals surface area contributed by atoms with E-state index in [2.05, 4.69) is 10.1 Å². The average molecular weight is 582 g/mol. The number of carboxylic acid groups (broad SMARTS) is 1. The monoisotopic (exact) mass is 581 g/mol. The highest BCUT2D eigenvalue weighted by atomic mass is 35.5. The zero-order chi connectivity index (χ0) is 28.7. The normalized spacial score (nSPS) is 13.7. The fraction of sp³-hybridized carbons (Fsp3) is 0.185. The molecule has 1 aliphatic carbocycles. The Balaban J connectivity index is 1.93. The number of allylic oxidation sites excluding steroid dienone is 5. The minimum atomic E-state index is -4.91. The van der Waals surface area contributed by atoms with Gasteiger partial charge in [-0.3, -0.25) is 19.2 Å². The molecule has 0 saturated heterocycles. The number of rotatable bonds is 10. The molecule has 2 aromatic carbocycles. The predicted octanol–water partition coefficient (Wildman–Crippen LogP) is 5.96. The van der Waals surface area contributed by atoms with Gasteiger partial charge in [0.15, 0.2) is 11.6 Å². The fourth-order valence-electron chi connectivity index (χ4n) is 3.61. The van der Waals surface area contributed by atoms with E-state index in [1.807, 2.05) is 0 Å². The zero-order valence-corrected chi connectivity index (χ0v) is 21.5. The molecule has 2 N–H and O–H groups in total. The number of ether oxygens (including phenoxy) is 1. The third kappa shape index (κ3) is 8.83. The summed E-state index contributed by atoms with van der Waals surface area (Å²) < 4.78 is 41.6. The Hall–Kier alpha value is -3.89. The molecule has 204 valence electrons. The summed E-state index contributed by atoms with van der Waals surface area (Å²) in [5.74, 6) is -3.24. The Kier molecular flexibility index (Phi) is 9.71. The van der Waals surface area contributed by atoms with Gasteiger partial charge in [-0.15, -0.1) is 13.2 Å². The quantitative estimate of drug-likeness (QED) is 0.264. The van der Waals surface area contributed by atoms with E-state index in [-0.39, 0.29) is 58.1 Å². The van der Waals surface area contributed by atoms with Crippen LogP contribution in [0.5, 0.6) is 5.75 Å². The lowest BCUT2D eigenvalue weighted by atomic mass is 9.88. The van der Waals surface area contributed by atoms with Crippen LogP contribution in [0.1, 0.15) is 35.2 Å². The number of carboxylic acids is 1. The second-order valence-corrected chi connectivity index (χ2v) is 9.14. The van der Waals surface area contributed by atoms with Crippen molar-refractivity contribution in [3.63, 3.8) is 0 Å². The first-order valence-corrected chi connectivity index (χ1v) is 12.1. The molecule has 0 aromatic heterocycles. The Labute approximate surface area is 230 Å². The van der Waals surface area contributed by atoms with Crippen molar-refractivity contribution >= 4 is 52.2 Å². The van der Waals surface area contributed by atoms with Crippen LogP contribution in [-0.4, -0.2) is 41.5 Å². The number of alkyl halides is 3. The van der Waals surface area contributed by atoms with E-state index in [0.717, 1.165) is 18.2 Å². The number of hydrogen-bond acceptors (Lipinski definition) is 5. The topological polar surface area (TPSA) is 110 Å². The van der Waals surface area contributed by atoms with Crippen molar-refractivity contribution in [1.82, 2.24) is 5.32 Å². The van der Waals surface area contributed by atoms with Crippen LogP contribution in [0.15, 0.2) is 71.8 Å². The van der Waals surface area contributed by atoms with Gasteiger partial charge in [-0.1, -0.05) is 47.5 Å². The van der Waals surface area contributed by atoms with Crippen LogP contribution in [0.4, 0.5) is 13.2 Å². The summed E-state index contributed by atoms with van der Waals surface area (Å²) in [5, 5.41) is 11.6. The number of ketones is 2. The van der Waals surface area contributed by atoms with Gasteiger partial charge in [0.05, 0.1) is 6.42 Å². The first-order chi connectivity index (χ1) is 18.3. The maximum absolute atomic E-state index is 13.5. The van der Waals surface area contributed by atoms with Gasteiger partial charge in [0, 0.05) is 38.9 Å². The lowest BCUT2D eigenvalue weighted by Crippen LogP contribution is -2.28. The highest BCUT2D eigenvalue weighted by molar-refractivity contribution is 6.36. The Morgan fingerprint density at radius 2 is 1.51 bits per heavy atom. The van der Waals surface area contributed by atoms with Crippen LogP contribution in [0, 0.1) is 0 Å². The summed E-state index contributed by atoms with van der Waals surface area (Å²) in [6.07, 6.45) is -0.986. The number of aliphatic carboxylic acids is 1. The fourth-order valence-corrected chi connectivity index (χ4v) is 4.14. The number of nitrogens with one attached hydrogen (secondary N) is 1. The highest BCUT2D eigenvalue weighted by Gasteiger charge is 2.31. The van der Waals surface area contributed by atoms with Crippen molar-refractivity contribution in [2.75, 3.05) is 6.54 Å². The summed E-state index contributed by atoms with van der Waals surface area (Å²) in [6, 6.07) is 8.58. The van der Waals surface area contributed by atoms with Gasteiger partial charge < -0.3 is 15.2 Å². The molecule has 1 aliphatic rings. The predicted molar refractivity (Wildman–Crippen MR) is 138 cm³/mol. The zero-order valence-electron chi connectivity index (χ0n) is 20.0. The molecule has 39 heavy (non-hydrogen) atoms. The molecule has 1 amide bonds. The molecule has 3 rings (SSSR count). The maximum atomic E-state index is 13.5. The Bertz CT molecular complexity index is 1370. The maximum Gasteiger partial charge on any atom is 0.573 e. The van der Waals surface area contributed by atoms with Crippen molar-refractivity contribution in [2.24, 2.45) is 0 Å². The lowest BCUT2D eigenvalue weighted by molar-refractivity contribution is -0.274. The van der Waals surface area contributed by atoms with Crippen molar-refractivity contribution in [3.05, 3.63) is 93.0 Å². The molecule has 0 spiro atoms. The third-order valence-electron chi connectivity index (χ3n) is 5.42. The van der Waals surface area contributed by atoms with Gasteiger partial charge in [-0.25, -0.2) is 0 Å². The van der Waals surface area contributed by atoms with Gasteiger partial charge in [-0.2, -0.15) is 0 Å². The smallest absolute Gasteiger partial charge is 0.481 e. The number of benzene rings is 2. The largest absolute Gasteiger partial charge is 0.573 e. The standard InChI is InChI=1S/C27H20Cl2F3NO6/c28-19-11-18(12-20(29)13-19)23(34)14-22(15-5-7-21(8-6-15)39-27(30,31)32)25(37)16-1-3-17(4-2-16)26(38)33-10-9-24(35)36/h1,3,5-8,11-14H,2,4,9-10H2,(H,33,38)(H,35,36)/b22-14-. The van der Waals surface area contributed by atoms with Gasteiger partial charge in [0.2, 0.25) is 5.91 Å². The number of amides is 1. The summed E-state index contributed by atoms with van der Waals surface area (Å²) in [6.45, 7) is -0.0580. The van der Waals surface area contributed by atoms with Gasteiger partial charge in [-0.05, 0) is 54.8 Å². The molecule has 0 radical (unpaired) electrons. The average Bonchev–Trinajstić information content (AvgIpc) is 2.85. The Morgan fingerprint density at radius 1 is 0.923 bits per heavy atom. The summed E-state index contributed by atoms with van der Waals surface area (Å²) in [7, 11) is 0. The molecule has 0 fully saturated rings. The molecule has 0 bridgehead atoms. The molecule has 0 unspecified atom stereocenters. The van der Waals surface area contributed by atoms with E-state index in [1.54, 1.807) is 0 Å². The number of Topliss-reactive ketones (excluding diaryl/α,β-unsaturated/α-hetero) is 1. The van der Waals surface area contributed by atoms with Crippen molar-refractivity contribution < 1.29 is 42.2 Å². The molecule has 2 aromatic rings. The minimum absolute atomic E-state index is 0.0580. The number of hydrogen-bond donors (Lipinski definition) is 2. The van der Waals surface area contributed by atoms with Crippen molar-refractivity contribution in [3.8, 4) is 5.75 Å². The molecule has 0 atom stereocenters. The van der Waals surface area contributed by atoms with Crippen LogP contribution in [0.2, 0.25) is 10.0 Å². The third-order valence-corrected chi connectivity index (χ3v) is 5.86. The molecular formula is C27H20Cl2F3NO6. The van der Waals surface area contributed by atoms with Crippen LogP contribution in [-0.2, 0) is 14.4 Å². The first kappa shape index (κ1) is 29.7. The summed E-state index contributed by atoms with van der Waals surface area (Å²) in [4.78, 5) is 49.4. The number of carbonyl (C=O) groups is 4. The number of carbonyl (C=O) groups excluding carboxylic acids is 3. The van der Waals surface area contributed by atoms with Gasteiger partial charge >= 0.3 is 12.3 Å². The SMILES string of the molecule is O=C(O)CCNC(=O)C1=CC=C(C(=O)/C(=C\C(=O)c2cc(Cl)cc(Cl)c2)c2ccc(OC(F)(F)F)cc2)CC1. The second kappa shape index (κ2) is 12.8. The molecular weight excluding hydrogens is 562 g/mol. The highest BCUT2D eigenvalue weighted by Crippen LogP contribution is 2.30. The molecule has 0 aliphatic heterocycles. The lowest BCUT2D eigenvalue weighted by Gasteiger charge is -2.16. The van der Waals surface area contributed by atoms with E-state index in [4.69, 9.17) is 28.3 Å². The van der Waals surface area contributed by atoms with E-state index < -0.39 is 35.6 Å². The molecule has 12 heteroatoms. The van der Waals surface area contributed by atoms with Crippen LogP contribution in [0.3, 0.4) is 0 Å². The second-order valence-electron chi connectivity index (χ2n) is 8.27. The summed E-state index contributed by atoms with van der Waals surface area (Å²) in [5.41, 5.74) is 0.714. The minimum Gasteiger partial charge on any atom is -0.481 e. The van der Waals surface area contributed by atoms with E-state index in [1.165, 1.54) is 42.5 Å². The Morgan fingerprint density at radius 3 is 2.05 bits per heavy atom. The van der Waals surface area contributed by atoms with Crippen LogP contribution in [0.25, 0.3) is 5.57 Å². The molecule has 7 nitrogen and oxygen atoms in total. The van der Waals surface area contributed by atoms with Crippen molar-refractivity contribution in [1.29, 1.82) is 0 Å². The summed E-state index contributed by atoms with van der Waals surface area (Å²) >= 11 is 12.0. The molecule has 0 heterocycles. The van der Waals surface area contributed by atoms with E-state index in [0.29, 0.717) is 5.57 Å². The number of halogens is 5. The van der Waals surface area contributed by atoms with Gasteiger partial charge in [0.1, 0.15) is 5.75 Å². The molecule has 0 saturated carbocycles. The van der Waals surface area contributed by atoms with Crippen LogP contribution < -0.4 is 10.1 Å². The van der Waals surface area contributed by atoms with E-state index in [9.17, 15) is 32.3 Å².